The van der Waals surface area contributed by atoms with E-state index in [0.717, 1.165) is 11.1 Å². The standard InChI is InChI=1S/C21H15N5O3/c1-22-20-18(13-4-7-29-10-13)19(24-21(25-20)26-6-5-23-11-26)12-2-3-14-15(8-12)17(28)9-16(14)27/h2-8,10-11H,9H2,1H3,(H,22,24,25). The van der Waals surface area contributed by atoms with Crippen LogP contribution < -0.4 is 5.32 Å². The fourth-order valence-corrected chi connectivity index (χ4v) is 3.51. The van der Waals surface area contributed by atoms with Crippen molar-refractivity contribution in [3.05, 3.63) is 66.6 Å². The summed E-state index contributed by atoms with van der Waals surface area (Å²) in [6.45, 7) is 0. The summed E-state index contributed by atoms with van der Waals surface area (Å²) in [4.78, 5) is 37.7. The minimum absolute atomic E-state index is 0.0841. The number of hydrogen-bond donors (Lipinski definition) is 1. The van der Waals surface area contributed by atoms with Gasteiger partial charge in [-0.25, -0.2) is 9.97 Å². The first-order valence-corrected chi connectivity index (χ1v) is 8.97. The maximum absolute atomic E-state index is 12.3. The molecule has 0 bridgehead atoms. The minimum Gasteiger partial charge on any atom is -0.472 e. The summed E-state index contributed by atoms with van der Waals surface area (Å²) in [5, 5.41) is 3.12. The van der Waals surface area contributed by atoms with Gasteiger partial charge < -0.3 is 9.73 Å². The number of fused-ring (bicyclic) bond motifs is 1. The number of anilines is 1. The maximum Gasteiger partial charge on any atom is 0.237 e. The number of nitrogens with zero attached hydrogens (tertiary/aromatic N) is 4. The highest BCUT2D eigenvalue weighted by atomic mass is 16.3. The molecule has 1 N–H and O–H groups in total. The number of aromatic nitrogens is 4. The number of benzene rings is 1. The van der Waals surface area contributed by atoms with E-state index >= 15 is 0 Å². The number of Topliss-reactive ketones (excluding diaryl/α,β-unsaturated/α-hetero) is 2. The molecule has 1 aliphatic carbocycles. The molecule has 4 aromatic rings. The molecule has 0 unspecified atom stereocenters. The van der Waals surface area contributed by atoms with Crippen LogP contribution in [0.2, 0.25) is 0 Å². The van der Waals surface area contributed by atoms with Gasteiger partial charge >= 0.3 is 0 Å². The van der Waals surface area contributed by atoms with Crippen molar-refractivity contribution in [3.8, 4) is 28.3 Å². The topological polar surface area (TPSA) is 103 Å². The molecule has 142 valence electrons. The highest BCUT2D eigenvalue weighted by Crippen LogP contribution is 2.38. The van der Waals surface area contributed by atoms with Crippen LogP contribution in [0.1, 0.15) is 27.1 Å². The number of rotatable bonds is 4. The largest absolute Gasteiger partial charge is 0.472 e. The Hall–Kier alpha value is -4.07. The van der Waals surface area contributed by atoms with Gasteiger partial charge in [-0.05, 0) is 18.2 Å². The average Bonchev–Trinajstić information content (AvgIpc) is 3.50. The summed E-state index contributed by atoms with van der Waals surface area (Å²) in [5.74, 6) is 0.707. The van der Waals surface area contributed by atoms with Gasteiger partial charge in [-0.1, -0.05) is 6.07 Å². The fraction of sp³-hybridized carbons (Fsp3) is 0.0952. The Kier molecular flexibility index (Phi) is 3.83. The highest BCUT2D eigenvalue weighted by Gasteiger charge is 2.28. The van der Waals surface area contributed by atoms with Crippen LogP contribution >= 0.6 is 0 Å². The van der Waals surface area contributed by atoms with E-state index in [9.17, 15) is 9.59 Å². The maximum atomic E-state index is 12.3. The number of imidazole rings is 1. The second kappa shape index (κ2) is 6.52. The second-order valence-corrected chi connectivity index (χ2v) is 6.61. The first-order chi connectivity index (χ1) is 14.2. The first kappa shape index (κ1) is 17.1. The van der Waals surface area contributed by atoms with Crippen molar-refractivity contribution in [2.45, 2.75) is 6.42 Å². The molecule has 0 saturated heterocycles. The predicted octanol–water partition coefficient (Wildman–Crippen LogP) is 3.40. The van der Waals surface area contributed by atoms with E-state index in [-0.39, 0.29) is 18.0 Å². The van der Waals surface area contributed by atoms with Gasteiger partial charge in [0.15, 0.2) is 11.6 Å². The highest BCUT2D eigenvalue weighted by molar-refractivity contribution is 6.24. The SMILES string of the molecule is CNc1nc(-n2ccnc2)nc(-c2ccc3c(c2)C(=O)CC3=O)c1-c1ccoc1. The molecule has 3 heterocycles. The van der Waals surface area contributed by atoms with Crippen molar-refractivity contribution >= 4 is 17.4 Å². The monoisotopic (exact) mass is 385 g/mol. The van der Waals surface area contributed by atoms with Gasteiger partial charge in [-0.3, -0.25) is 14.2 Å². The molecule has 1 aromatic carbocycles. The van der Waals surface area contributed by atoms with Crippen LogP contribution in [-0.2, 0) is 0 Å². The van der Waals surface area contributed by atoms with E-state index < -0.39 is 0 Å². The molecule has 8 heteroatoms. The van der Waals surface area contributed by atoms with Crippen molar-refractivity contribution in [1.29, 1.82) is 0 Å². The van der Waals surface area contributed by atoms with Gasteiger partial charge in [0, 0.05) is 41.7 Å². The summed E-state index contributed by atoms with van der Waals surface area (Å²) in [7, 11) is 1.78. The molecular formula is C21H15N5O3. The van der Waals surface area contributed by atoms with E-state index in [4.69, 9.17) is 9.40 Å². The van der Waals surface area contributed by atoms with Crippen LogP contribution in [0.4, 0.5) is 5.82 Å². The van der Waals surface area contributed by atoms with Gasteiger partial charge in [-0.2, -0.15) is 4.98 Å². The fourth-order valence-electron chi connectivity index (χ4n) is 3.51. The van der Waals surface area contributed by atoms with Gasteiger partial charge in [0.05, 0.1) is 30.2 Å². The quantitative estimate of drug-likeness (QED) is 0.537. The summed E-state index contributed by atoms with van der Waals surface area (Å²) in [5.41, 5.74) is 3.75. The third-order valence-electron chi connectivity index (χ3n) is 4.89. The molecular weight excluding hydrogens is 370 g/mol. The van der Waals surface area contributed by atoms with Gasteiger partial charge in [0.1, 0.15) is 12.1 Å². The lowest BCUT2D eigenvalue weighted by atomic mass is 9.98. The molecule has 0 radical (unpaired) electrons. The van der Waals surface area contributed by atoms with Crippen LogP contribution in [0.15, 0.2) is 59.9 Å². The lowest BCUT2D eigenvalue weighted by molar-refractivity contribution is 0.0923. The van der Waals surface area contributed by atoms with Crippen molar-refractivity contribution in [1.82, 2.24) is 19.5 Å². The van der Waals surface area contributed by atoms with Gasteiger partial charge in [0.25, 0.3) is 0 Å². The van der Waals surface area contributed by atoms with Crippen molar-refractivity contribution in [2.75, 3.05) is 12.4 Å². The number of hydrogen-bond acceptors (Lipinski definition) is 7. The minimum atomic E-state index is -0.172. The summed E-state index contributed by atoms with van der Waals surface area (Å²) < 4.78 is 6.97. The van der Waals surface area contributed by atoms with Crippen molar-refractivity contribution in [3.63, 3.8) is 0 Å². The van der Waals surface area contributed by atoms with Crippen LogP contribution in [0.3, 0.4) is 0 Å². The summed E-state index contributed by atoms with van der Waals surface area (Å²) >= 11 is 0. The Bertz CT molecular complexity index is 1240. The molecule has 0 amide bonds. The molecule has 5 rings (SSSR count). The Morgan fingerprint density at radius 1 is 1.07 bits per heavy atom. The van der Waals surface area contributed by atoms with Crippen molar-refractivity contribution < 1.29 is 14.0 Å². The summed E-state index contributed by atoms with van der Waals surface area (Å²) in [6, 6.07) is 7.04. The van der Waals surface area contributed by atoms with Crippen LogP contribution in [0.5, 0.6) is 0 Å². The number of carbonyl (C=O) groups excluding carboxylic acids is 2. The third-order valence-corrected chi connectivity index (χ3v) is 4.89. The van der Waals surface area contributed by atoms with Crippen LogP contribution in [-0.4, -0.2) is 38.1 Å². The Morgan fingerprint density at radius 2 is 1.93 bits per heavy atom. The number of furan rings is 1. The molecule has 0 spiro atoms. The van der Waals surface area contributed by atoms with Crippen LogP contribution in [0.25, 0.3) is 28.3 Å². The van der Waals surface area contributed by atoms with E-state index in [1.165, 1.54) is 0 Å². The lowest BCUT2D eigenvalue weighted by Gasteiger charge is -2.15. The lowest BCUT2D eigenvalue weighted by Crippen LogP contribution is -2.07. The van der Waals surface area contributed by atoms with Gasteiger partial charge in [-0.15, -0.1) is 0 Å². The number of carbonyl (C=O) groups is 2. The molecule has 0 atom stereocenters. The molecule has 0 fully saturated rings. The second-order valence-electron chi connectivity index (χ2n) is 6.61. The smallest absolute Gasteiger partial charge is 0.237 e. The Labute approximate surface area is 165 Å². The Morgan fingerprint density at radius 3 is 2.66 bits per heavy atom. The first-order valence-electron chi connectivity index (χ1n) is 8.97. The molecule has 8 nitrogen and oxygen atoms in total. The molecule has 0 aliphatic heterocycles. The summed E-state index contributed by atoms with van der Waals surface area (Å²) in [6.07, 6.45) is 8.11. The number of nitrogens with one attached hydrogen (secondary N) is 1. The number of ketones is 2. The van der Waals surface area contributed by atoms with Crippen molar-refractivity contribution in [2.24, 2.45) is 0 Å². The van der Waals surface area contributed by atoms with E-state index in [1.807, 2.05) is 6.07 Å². The molecule has 1 aliphatic rings. The average molecular weight is 385 g/mol. The normalized spacial score (nSPS) is 13.0. The van der Waals surface area contributed by atoms with E-state index in [1.54, 1.807) is 61.1 Å². The van der Waals surface area contributed by atoms with Crippen LogP contribution in [0, 0.1) is 0 Å². The zero-order valence-corrected chi connectivity index (χ0v) is 15.4. The molecule has 0 saturated carbocycles. The zero-order valence-electron chi connectivity index (χ0n) is 15.4. The molecule has 29 heavy (non-hydrogen) atoms. The van der Waals surface area contributed by atoms with Gasteiger partial charge in [0.2, 0.25) is 5.95 Å². The third kappa shape index (κ3) is 2.73. The zero-order chi connectivity index (χ0) is 20.0. The van der Waals surface area contributed by atoms with E-state index in [2.05, 4.69) is 15.3 Å². The molecule has 3 aromatic heterocycles. The Balaban J connectivity index is 1.79. The predicted molar refractivity (Wildman–Crippen MR) is 105 cm³/mol. The van der Waals surface area contributed by atoms with E-state index in [0.29, 0.717) is 34.2 Å².